The lowest BCUT2D eigenvalue weighted by Crippen LogP contribution is -2.00. The van der Waals surface area contributed by atoms with Crippen LogP contribution >= 0.6 is 0 Å². The normalized spacial score (nSPS) is 11.0. The minimum absolute atomic E-state index is 0.252. The Morgan fingerprint density at radius 2 is 2.00 bits per heavy atom. The smallest absolute Gasteiger partial charge is 0.338 e. The van der Waals surface area contributed by atoms with E-state index >= 15 is 0 Å². The van der Waals surface area contributed by atoms with Crippen molar-refractivity contribution in [2.24, 2.45) is 0 Å². The number of fused-ring (bicyclic) bond motifs is 1. The van der Waals surface area contributed by atoms with Crippen molar-refractivity contribution in [3.8, 4) is 0 Å². The van der Waals surface area contributed by atoms with E-state index in [9.17, 15) is 18.1 Å². The molecule has 1 aromatic carbocycles. The van der Waals surface area contributed by atoms with Gasteiger partial charge in [0.15, 0.2) is 0 Å². The number of aryl methyl sites for hydroxylation is 1. The summed E-state index contributed by atoms with van der Waals surface area (Å²) in [4.78, 5) is 10.3. The van der Waals surface area contributed by atoms with E-state index in [0.29, 0.717) is 0 Å². The molecule has 1 aromatic heterocycles. The quantitative estimate of drug-likeness (QED) is 0.816. The molecule has 1 N–H and O–H groups in total. The Hall–Kier alpha value is -1.98. The first-order valence-corrected chi connectivity index (χ1v) is 4.33. The number of carboxylic acid groups (broad SMARTS) is 1. The van der Waals surface area contributed by atoms with E-state index < -0.39 is 23.3 Å². The maximum atomic E-state index is 13.6. The van der Waals surface area contributed by atoms with Gasteiger partial charge >= 0.3 is 5.97 Å². The molecule has 84 valence electrons. The number of benzene rings is 1. The van der Waals surface area contributed by atoms with Gasteiger partial charge in [-0.1, -0.05) is 4.48 Å². The summed E-state index contributed by atoms with van der Waals surface area (Å²) in [7, 11) is 0. The van der Waals surface area contributed by atoms with Crippen LogP contribution in [0.15, 0.2) is 12.1 Å². The van der Waals surface area contributed by atoms with Crippen LogP contribution in [0.2, 0.25) is 0 Å². The zero-order chi connectivity index (χ0) is 12.0. The lowest BCUT2D eigenvalue weighted by atomic mass is 10.1. The Labute approximate surface area is 87.6 Å². The van der Waals surface area contributed by atoms with Crippen molar-refractivity contribution < 1.29 is 23.2 Å². The molecule has 0 aliphatic carbocycles. The number of halogens is 3. The van der Waals surface area contributed by atoms with Crippen molar-refractivity contribution in [2.45, 2.75) is 6.92 Å². The summed E-state index contributed by atoms with van der Waals surface area (Å²) in [6.07, 6.45) is 0. The molecular formula is C10H6F3NO2. The summed E-state index contributed by atoms with van der Waals surface area (Å²) in [5.41, 5.74) is -1.18. The predicted octanol–water partition coefficient (Wildman–Crippen LogP) is 2.66. The third-order valence-electron chi connectivity index (χ3n) is 2.42. The predicted molar refractivity (Wildman–Crippen MR) is 50.1 cm³/mol. The molecule has 0 spiro atoms. The van der Waals surface area contributed by atoms with E-state index in [-0.39, 0.29) is 21.3 Å². The van der Waals surface area contributed by atoms with Gasteiger partial charge in [-0.15, -0.1) is 0 Å². The molecule has 1 heterocycles. The zero-order valence-corrected chi connectivity index (χ0v) is 8.09. The number of aromatic carboxylic acids is 1. The van der Waals surface area contributed by atoms with Crippen molar-refractivity contribution in [3.63, 3.8) is 0 Å². The second-order valence-electron chi connectivity index (χ2n) is 3.32. The van der Waals surface area contributed by atoms with Crippen LogP contribution in [-0.4, -0.2) is 15.9 Å². The minimum Gasteiger partial charge on any atom is -0.478 e. The molecule has 0 aliphatic rings. The molecule has 2 aromatic rings. The zero-order valence-electron chi connectivity index (χ0n) is 8.09. The van der Waals surface area contributed by atoms with E-state index in [1.54, 1.807) is 0 Å². The Bertz CT molecular complexity index is 604. The Balaban J connectivity index is 2.95. The van der Waals surface area contributed by atoms with Crippen molar-refractivity contribution >= 4 is 16.9 Å². The molecule has 6 heteroatoms. The molecule has 0 bridgehead atoms. The molecular weight excluding hydrogens is 223 g/mol. The lowest BCUT2D eigenvalue weighted by molar-refractivity contribution is 0.0692. The van der Waals surface area contributed by atoms with Gasteiger partial charge in [-0.25, -0.2) is 9.18 Å². The number of nitrogens with zero attached hydrogens (tertiary/aromatic N) is 1. The fourth-order valence-corrected chi connectivity index (χ4v) is 1.61. The van der Waals surface area contributed by atoms with Gasteiger partial charge in [0.05, 0.1) is 11.1 Å². The van der Waals surface area contributed by atoms with Crippen LogP contribution in [-0.2, 0) is 0 Å². The fourth-order valence-electron chi connectivity index (χ4n) is 1.61. The highest BCUT2D eigenvalue weighted by Crippen LogP contribution is 2.28. The largest absolute Gasteiger partial charge is 0.478 e. The van der Waals surface area contributed by atoms with Gasteiger partial charge < -0.3 is 5.11 Å². The summed E-state index contributed by atoms with van der Waals surface area (Å²) >= 11 is 0. The molecule has 0 saturated carbocycles. The van der Waals surface area contributed by atoms with Gasteiger partial charge in [0.2, 0.25) is 5.95 Å². The highest BCUT2D eigenvalue weighted by Gasteiger charge is 2.21. The first kappa shape index (κ1) is 10.5. The maximum absolute atomic E-state index is 13.6. The van der Waals surface area contributed by atoms with Crippen LogP contribution in [0.1, 0.15) is 15.9 Å². The number of carbonyl (C=O) groups is 1. The first-order chi connectivity index (χ1) is 7.45. The summed E-state index contributed by atoms with van der Waals surface area (Å²) in [5.74, 6) is -3.83. The second-order valence-corrected chi connectivity index (χ2v) is 3.32. The molecule has 3 nitrogen and oxygen atoms in total. The fraction of sp³-hybridized carbons (Fsp3) is 0.100. The third-order valence-corrected chi connectivity index (χ3v) is 2.42. The SMILES string of the molecule is Cc1c(F)n(F)c2ccc(C(=O)O)c(F)c12. The molecule has 16 heavy (non-hydrogen) atoms. The summed E-state index contributed by atoms with van der Waals surface area (Å²) in [6.45, 7) is 1.18. The number of hydrogen-bond acceptors (Lipinski definition) is 1. The Morgan fingerprint density at radius 3 is 2.56 bits per heavy atom. The topological polar surface area (TPSA) is 42.2 Å². The lowest BCUT2D eigenvalue weighted by Gasteiger charge is -1.99. The van der Waals surface area contributed by atoms with Gasteiger partial charge in [-0.3, -0.25) is 0 Å². The summed E-state index contributed by atoms with van der Waals surface area (Å²) < 4.78 is 39.9. The van der Waals surface area contributed by atoms with Crippen LogP contribution in [0.25, 0.3) is 10.9 Å². The Kier molecular flexibility index (Phi) is 2.15. The van der Waals surface area contributed by atoms with E-state index in [4.69, 9.17) is 5.11 Å². The monoisotopic (exact) mass is 229 g/mol. The second kappa shape index (κ2) is 3.26. The van der Waals surface area contributed by atoms with Crippen molar-refractivity contribution in [1.29, 1.82) is 0 Å². The average molecular weight is 229 g/mol. The van der Waals surface area contributed by atoms with Crippen molar-refractivity contribution in [2.75, 3.05) is 0 Å². The molecule has 0 fully saturated rings. The van der Waals surface area contributed by atoms with Crippen LogP contribution < -0.4 is 0 Å². The molecule has 0 atom stereocenters. The van der Waals surface area contributed by atoms with Crippen LogP contribution in [0.4, 0.5) is 13.3 Å². The van der Waals surface area contributed by atoms with Gasteiger partial charge in [-0.05, 0) is 19.1 Å². The Morgan fingerprint density at radius 1 is 1.38 bits per heavy atom. The van der Waals surface area contributed by atoms with E-state index in [0.717, 1.165) is 12.1 Å². The van der Waals surface area contributed by atoms with Gasteiger partial charge in [0, 0.05) is 10.9 Å². The van der Waals surface area contributed by atoms with E-state index in [1.807, 2.05) is 0 Å². The minimum atomic E-state index is -1.48. The third kappa shape index (κ3) is 1.19. The molecule has 0 saturated heterocycles. The average Bonchev–Trinajstić information content (AvgIpc) is 2.44. The van der Waals surface area contributed by atoms with E-state index in [1.165, 1.54) is 6.92 Å². The number of aromatic nitrogens is 1. The van der Waals surface area contributed by atoms with Crippen LogP contribution in [0, 0.1) is 18.7 Å². The molecule has 2 rings (SSSR count). The van der Waals surface area contributed by atoms with Gasteiger partial charge in [-0.2, -0.15) is 9.18 Å². The highest BCUT2D eigenvalue weighted by molar-refractivity contribution is 5.95. The molecule has 0 aliphatic heterocycles. The molecule has 0 radical (unpaired) electrons. The standard InChI is InChI=1S/C10H6F3NO2/c1-4-7-6(14(13)9(4)12)3-2-5(8(7)11)10(15)16/h2-3H,1H3,(H,15,16). The summed E-state index contributed by atoms with van der Waals surface area (Å²) in [5, 5.41) is 8.31. The number of hydrogen-bond donors (Lipinski definition) is 1. The van der Waals surface area contributed by atoms with Crippen LogP contribution in [0.3, 0.4) is 0 Å². The maximum Gasteiger partial charge on any atom is 0.338 e. The number of rotatable bonds is 1. The van der Waals surface area contributed by atoms with Crippen LogP contribution in [0.5, 0.6) is 0 Å². The van der Waals surface area contributed by atoms with E-state index in [2.05, 4.69) is 0 Å². The van der Waals surface area contributed by atoms with Crippen molar-refractivity contribution in [3.05, 3.63) is 35.0 Å². The summed E-state index contributed by atoms with van der Waals surface area (Å²) in [6, 6.07) is 1.92. The first-order valence-electron chi connectivity index (χ1n) is 4.33. The van der Waals surface area contributed by atoms with Crippen molar-refractivity contribution in [1.82, 2.24) is 4.79 Å². The van der Waals surface area contributed by atoms with Gasteiger partial charge in [0.25, 0.3) is 0 Å². The molecule has 0 unspecified atom stereocenters. The van der Waals surface area contributed by atoms with Gasteiger partial charge in [0.1, 0.15) is 5.82 Å². The molecule has 0 amide bonds. The number of carboxylic acids is 1. The highest BCUT2D eigenvalue weighted by atomic mass is 19.2.